The number of carbonyl (C=O) groups is 1. The number of thioether (sulfide) groups is 1. The van der Waals surface area contributed by atoms with Crippen LogP contribution in [0.1, 0.15) is 57.3 Å². The molecule has 1 unspecified atom stereocenters. The van der Waals surface area contributed by atoms with Crippen LogP contribution in [0.3, 0.4) is 0 Å². The molecule has 2 aromatic rings. The molecular formula is C19H24N4O2S. The summed E-state index contributed by atoms with van der Waals surface area (Å²) in [5.41, 5.74) is 0.772. The molecule has 1 aromatic heterocycles. The zero-order chi connectivity index (χ0) is 18.1. The van der Waals surface area contributed by atoms with E-state index in [1.807, 2.05) is 38.1 Å². The number of anilines is 1. The van der Waals surface area contributed by atoms with Crippen LogP contribution in [0.5, 0.6) is 5.75 Å². The summed E-state index contributed by atoms with van der Waals surface area (Å²) < 4.78 is 7.71. The van der Waals surface area contributed by atoms with E-state index in [0.29, 0.717) is 18.6 Å². The second kappa shape index (κ2) is 7.31. The number of carbonyl (C=O) groups excluding carboxylic acids is 1. The first kappa shape index (κ1) is 17.4. The molecule has 1 atom stereocenters. The first-order valence-electron chi connectivity index (χ1n) is 9.31. The van der Waals surface area contributed by atoms with Crippen LogP contribution < -0.4 is 10.1 Å². The molecule has 0 aliphatic heterocycles. The third-order valence-electron chi connectivity index (χ3n) is 4.63. The van der Waals surface area contributed by atoms with Gasteiger partial charge < -0.3 is 14.6 Å². The quantitative estimate of drug-likeness (QED) is 0.709. The van der Waals surface area contributed by atoms with Gasteiger partial charge in [-0.3, -0.25) is 4.79 Å². The van der Waals surface area contributed by atoms with Crippen LogP contribution in [0.25, 0.3) is 0 Å². The number of nitrogens with one attached hydrogen (secondary N) is 1. The Hall–Kier alpha value is -2.02. The molecule has 2 fully saturated rings. The number of amides is 1. The number of nitrogens with zero attached hydrogens (tertiary/aromatic N) is 3. The normalized spacial score (nSPS) is 17.8. The van der Waals surface area contributed by atoms with E-state index >= 15 is 0 Å². The summed E-state index contributed by atoms with van der Waals surface area (Å²) in [4.78, 5) is 12.6. The topological polar surface area (TPSA) is 69.0 Å². The van der Waals surface area contributed by atoms with Gasteiger partial charge >= 0.3 is 0 Å². The molecular weight excluding hydrogens is 348 g/mol. The molecule has 2 aliphatic rings. The zero-order valence-corrected chi connectivity index (χ0v) is 16.0. The Morgan fingerprint density at radius 1 is 1.27 bits per heavy atom. The highest BCUT2D eigenvalue weighted by molar-refractivity contribution is 8.00. The van der Waals surface area contributed by atoms with Crippen LogP contribution >= 0.6 is 11.8 Å². The maximum absolute atomic E-state index is 12.6. The highest BCUT2D eigenvalue weighted by Gasteiger charge is 2.37. The van der Waals surface area contributed by atoms with Gasteiger partial charge in [-0.15, -0.1) is 10.2 Å². The molecule has 2 saturated carbocycles. The van der Waals surface area contributed by atoms with Crippen molar-refractivity contribution in [1.82, 2.24) is 14.8 Å². The lowest BCUT2D eigenvalue weighted by Crippen LogP contribution is -2.23. The molecule has 7 heteroatoms. The summed E-state index contributed by atoms with van der Waals surface area (Å²) in [5.74, 6) is 2.47. The monoisotopic (exact) mass is 372 g/mol. The minimum Gasteiger partial charge on any atom is -0.494 e. The van der Waals surface area contributed by atoms with E-state index in [0.717, 1.165) is 22.4 Å². The van der Waals surface area contributed by atoms with Crippen molar-refractivity contribution >= 4 is 23.4 Å². The summed E-state index contributed by atoms with van der Waals surface area (Å²) in [5, 5.41) is 12.4. The summed E-state index contributed by atoms with van der Waals surface area (Å²) in [6.45, 7) is 4.49. The van der Waals surface area contributed by atoms with E-state index < -0.39 is 0 Å². The number of aromatic nitrogens is 3. The van der Waals surface area contributed by atoms with E-state index in [4.69, 9.17) is 4.74 Å². The van der Waals surface area contributed by atoms with Crippen molar-refractivity contribution in [3.63, 3.8) is 0 Å². The maximum atomic E-state index is 12.6. The van der Waals surface area contributed by atoms with E-state index in [9.17, 15) is 4.79 Å². The predicted molar refractivity (Wildman–Crippen MR) is 102 cm³/mol. The smallest absolute Gasteiger partial charge is 0.237 e. The minimum atomic E-state index is -0.240. The summed E-state index contributed by atoms with van der Waals surface area (Å²) in [6.07, 6.45) is 4.81. The van der Waals surface area contributed by atoms with Crippen LogP contribution in [-0.2, 0) is 4.79 Å². The SMILES string of the molecule is CCOc1ccc(NC(=O)C(C)Sc2nnc(C3CC3)n2C2CC2)cc1. The Kier molecular flexibility index (Phi) is 4.89. The molecule has 0 radical (unpaired) electrons. The van der Waals surface area contributed by atoms with Gasteiger partial charge in [-0.25, -0.2) is 0 Å². The average Bonchev–Trinajstić information content (AvgIpc) is 3.56. The van der Waals surface area contributed by atoms with Gasteiger partial charge in [0.05, 0.1) is 11.9 Å². The fraction of sp³-hybridized carbons (Fsp3) is 0.526. The van der Waals surface area contributed by atoms with Gasteiger partial charge in [-0.05, 0) is 63.8 Å². The van der Waals surface area contributed by atoms with Crippen LogP contribution in [0, 0.1) is 0 Å². The van der Waals surface area contributed by atoms with Crippen molar-refractivity contribution in [2.45, 2.75) is 61.9 Å². The molecule has 1 heterocycles. The lowest BCUT2D eigenvalue weighted by Gasteiger charge is -2.13. The molecule has 1 aromatic carbocycles. The van der Waals surface area contributed by atoms with Crippen molar-refractivity contribution in [3.05, 3.63) is 30.1 Å². The molecule has 0 spiro atoms. The third kappa shape index (κ3) is 3.87. The van der Waals surface area contributed by atoms with E-state index in [2.05, 4.69) is 20.1 Å². The maximum Gasteiger partial charge on any atom is 0.237 e. The highest BCUT2D eigenvalue weighted by atomic mass is 32.2. The van der Waals surface area contributed by atoms with Gasteiger partial charge in [0.15, 0.2) is 5.16 Å². The molecule has 26 heavy (non-hydrogen) atoms. The van der Waals surface area contributed by atoms with Crippen LogP contribution in [0.2, 0.25) is 0 Å². The molecule has 2 aliphatic carbocycles. The Morgan fingerprint density at radius 2 is 2.00 bits per heavy atom. The minimum absolute atomic E-state index is 0.0301. The van der Waals surface area contributed by atoms with Gasteiger partial charge in [0, 0.05) is 17.6 Å². The van der Waals surface area contributed by atoms with Gasteiger partial charge in [0.1, 0.15) is 11.6 Å². The second-order valence-electron chi connectivity index (χ2n) is 6.92. The standard InChI is InChI=1S/C19H24N4O2S/c1-3-25-16-10-6-14(7-11-16)20-18(24)12(2)26-19-22-21-17(13-4-5-13)23(19)15-8-9-15/h6-7,10-13,15H,3-5,8-9H2,1-2H3,(H,20,24). The van der Waals surface area contributed by atoms with Gasteiger partial charge in [0.25, 0.3) is 0 Å². The highest BCUT2D eigenvalue weighted by Crippen LogP contribution is 2.46. The van der Waals surface area contributed by atoms with Gasteiger partial charge in [-0.2, -0.15) is 0 Å². The fourth-order valence-electron chi connectivity index (χ4n) is 2.92. The number of ether oxygens (including phenoxy) is 1. The van der Waals surface area contributed by atoms with E-state index in [1.54, 1.807) is 0 Å². The summed E-state index contributed by atoms with van der Waals surface area (Å²) in [6, 6.07) is 7.98. The van der Waals surface area contributed by atoms with Crippen LogP contribution in [-0.4, -0.2) is 32.5 Å². The second-order valence-corrected chi connectivity index (χ2v) is 8.23. The zero-order valence-electron chi connectivity index (χ0n) is 15.1. The van der Waals surface area contributed by atoms with Crippen molar-refractivity contribution in [2.75, 3.05) is 11.9 Å². The lowest BCUT2D eigenvalue weighted by atomic mass is 10.3. The summed E-state index contributed by atoms with van der Waals surface area (Å²) in [7, 11) is 0. The Bertz CT molecular complexity index is 781. The van der Waals surface area contributed by atoms with Crippen LogP contribution in [0.4, 0.5) is 5.69 Å². The van der Waals surface area contributed by atoms with Crippen LogP contribution in [0.15, 0.2) is 29.4 Å². The molecule has 0 saturated heterocycles. The Labute approximate surface area is 157 Å². The van der Waals surface area contributed by atoms with Crippen molar-refractivity contribution < 1.29 is 9.53 Å². The number of hydrogen-bond donors (Lipinski definition) is 1. The molecule has 4 rings (SSSR count). The first-order valence-corrected chi connectivity index (χ1v) is 10.2. The molecule has 0 bridgehead atoms. The third-order valence-corrected chi connectivity index (χ3v) is 5.69. The number of hydrogen-bond acceptors (Lipinski definition) is 5. The molecule has 1 N–H and O–H groups in total. The summed E-state index contributed by atoms with van der Waals surface area (Å²) >= 11 is 1.50. The fourth-order valence-corrected chi connectivity index (χ4v) is 3.85. The van der Waals surface area contributed by atoms with Crippen molar-refractivity contribution in [2.24, 2.45) is 0 Å². The van der Waals surface area contributed by atoms with Gasteiger partial charge in [0.2, 0.25) is 5.91 Å². The van der Waals surface area contributed by atoms with Crippen molar-refractivity contribution in [1.29, 1.82) is 0 Å². The largest absolute Gasteiger partial charge is 0.494 e. The lowest BCUT2D eigenvalue weighted by molar-refractivity contribution is -0.115. The number of rotatable bonds is 8. The first-order chi connectivity index (χ1) is 12.7. The molecule has 1 amide bonds. The molecule has 6 nitrogen and oxygen atoms in total. The number of benzene rings is 1. The van der Waals surface area contributed by atoms with E-state index in [-0.39, 0.29) is 11.2 Å². The van der Waals surface area contributed by atoms with Gasteiger partial charge in [-0.1, -0.05) is 11.8 Å². The Morgan fingerprint density at radius 3 is 2.62 bits per heavy atom. The van der Waals surface area contributed by atoms with E-state index in [1.165, 1.54) is 37.4 Å². The molecule has 138 valence electrons. The van der Waals surface area contributed by atoms with Crippen molar-refractivity contribution in [3.8, 4) is 5.75 Å². The average molecular weight is 372 g/mol. The predicted octanol–water partition coefficient (Wildman–Crippen LogP) is 4.01. The Balaban J connectivity index is 1.40.